The van der Waals surface area contributed by atoms with E-state index in [2.05, 4.69) is 34.5 Å². The lowest BCUT2D eigenvalue weighted by Gasteiger charge is -2.22. The summed E-state index contributed by atoms with van der Waals surface area (Å²) in [5.41, 5.74) is 2.75. The normalized spacial score (nSPS) is 23.1. The van der Waals surface area contributed by atoms with Crippen molar-refractivity contribution in [2.45, 2.75) is 44.6 Å². The molecule has 1 saturated heterocycles. The molecule has 3 fully saturated rings. The molecule has 0 atom stereocenters. The lowest BCUT2D eigenvalue weighted by molar-refractivity contribution is 0.568. The van der Waals surface area contributed by atoms with Gasteiger partial charge in [0.05, 0.1) is 0 Å². The summed E-state index contributed by atoms with van der Waals surface area (Å²) in [5, 5.41) is 3.84. The van der Waals surface area contributed by atoms with Crippen molar-refractivity contribution < 1.29 is 0 Å². The SMILES string of the molecule is c1cc(NC(C2CC2)C2CC2)cc(N2CCCC2)c1. The molecule has 0 aromatic heterocycles. The van der Waals surface area contributed by atoms with E-state index >= 15 is 0 Å². The maximum atomic E-state index is 3.84. The van der Waals surface area contributed by atoms with Gasteiger partial charge >= 0.3 is 0 Å². The molecule has 0 spiro atoms. The summed E-state index contributed by atoms with van der Waals surface area (Å²) in [6.45, 7) is 2.47. The van der Waals surface area contributed by atoms with Gasteiger partial charge in [0.2, 0.25) is 0 Å². The van der Waals surface area contributed by atoms with Crippen LogP contribution in [0.2, 0.25) is 0 Å². The number of hydrogen-bond acceptors (Lipinski definition) is 2. The zero-order valence-electron chi connectivity index (χ0n) is 11.6. The van der Waals surface area contributed by atoms with E-state index in [1.165, 1.54) is 63.0 Å². The van der Waals surface area contributed by atoms with Crippen molar-refractivity contribution in [3.63, 3.8) is 0 Å². The Kier molecular flexibility index (Phi) is 2.90. The third-order valence-electron chi connectivity index (χ3n) is 4.91. The Morgan fingerprint density at radius 1 is 1.00 bits per heavy atom. The molecular formula is C17H24N2. The Hall–Kier alpha value is -1.18. The molecule has 2 saturated carbocycles. The number of benzene rings is 1. The number of hydrogen-bond donors (Lipinski definition) is 1. The summed E-state index contributed by atoms with van der Waals surface area (Å²) in [7, 11) is 0. The van der Waals surface area contributed by atoms with Gasteiger partial charge in [-0.25, -0.2) is 0 Å². The highest BCUT2D eigenvalue weighted by Gasteiger charge is 2.41. The zero-order valence-corrected chi connectivity index (χ0v) is 11.6. The molecule has 0 unspecified atom stereocenters. The van der Waals surface area contributed by atoms with Gasteiger partial charge in [0.15, 0.2) is 0 Å². The Labute approximate surface area is 116 Å². The smallest absolute Gasteiger partial charge is 0.0386 e. The number of rotatable bonds is 5. The van der Waals surface area contributed by atoms with Crippen molar-refractivity contribution >= 4 is 11.4 Å². The first kappa shape index (κ1) is 11.6. The molecule has 1 aromatic carbocycles. The van der Waals surface area contributed by atoms with E-state index < -0.39 is 0 Å². The standard InChI is InChI=1S/C17H24N2/c1-2-11-19(10-1)16-5-3-4-15(12-16)18-17(13-6-7-13)14-8-9-14/h3-5,12-14,17-18H,1-2,6-11H2. The lowest BCUT2D eigenvalue weighted by Crippen LogP contribution is -2.24. The van der Waals surface area contributed by atoms with Gasteiger partial charge < -0.3 is 10.2 Å². The van der Waals surface area contributed by atoms with Crippen LogP contribution in [0.25, 0.3) is 0 Å². The van der Waals surface area contributed by atoms with E-state index in [1.54, 1.807) is 0 Å². The zero-order chi connectivity index (χ0) is 12.7. The fourth-order valence-corrected chi connectivity index (χ4v) is 3.49. The molecule has 3 aliphatic rings. The van der Waals surface area contributed by atoms with Crippen molar-refractivity contribution in [2.24, 2.45) is 11.8 Å². The predicted octanol–water partition coefficient (Wildman–Crippen LogP) is 3.89. The highest BCUT2D eigenvalue weighted by molar-refractivity contribution is 5.59. The fraction of sp³-hybridized carbons (Fsp3) is 0.647. The largest absolute Gasteiger partial charge is 0.382 e. The molecule has 102 valence electrons. The quantitative estimate of drug-likeness (QED) is 0.860. The molecule has 0 radical (unpaired) electrons. The van der Waals surface area contributed by atoms with Crippen molar-refractivity contribution in [1.82, 2.24) is 0 Å². The maximum Gasteiger partial charge on any atom is 0.0386 e. The minimum Gasteiger partial charge on any atom is -0.382 e. The molecule has 2 heteroatoms. The summed E-state index contributed by atoms with van der Waals surface area (Å²) in [4.78, 5) is 2.52. The second-order valence-corrected chi connectivity index (χ2v) is 6.59. The summed E-state index contributed by atoms with van der Waals surface area (Å²) >= 11 is 0. The third kappa shape index (κ3) is 2.58. The molecule has 19 heavy (non-hydrogen) atoms. The van der Waals surface area contributed by atoms with E-state index in [-0.39, 0.29) is 0 Å². The molecular weight excluding hydrogens is 232 g/mol. The topological polar surface area (TPSA) is 15.3 Å². The predicted molar refractivity (Wildman–Crippen MR) is 80.7 cm³/mol. The second-order valence-electron chi connectivity index (χ2n) is 6.59. The number of anilines is 2. The molecule has 1 N–H and O–H groups in total. The minimum absolute atomic E-state index is 0.758. The molecule has 0 amide bonds. The summed E-state index contributed by atoms with van der Waals surface area (Å²) in [6.07, 6.45) is 8.48. The highest BCUT2D eigenvalue weighted by Crippen LogP contribution is 2.46. The van der Waals surface area contributed by atoms with Crippen molar-refractivity contribution in [3.8, 4) is 0 Å². The summed E-state index contributed by atoms with van der Waals surface area (Å²) < 4.78 is 0. The molecule has 2 aliphatic carbocycles. The monoisotopic (exact) mass is 256 g/mol. The second kappa shape index (κ2) is 4.73. The van der Waals surface area contributed by atoms with Crippen LogP contribution >= 0.6 is 0 Å². The first-order valence-electron chi connectivity index (χ1n) is 8.02. The van der Waals surface area contributed by atoms with Gasteiger partial charge in [-0.3, -0.25) is 0 Å². The van der Waals surface area contributed by atoms with E-state index in [4.69, 9.17) is 0 Å². The van der Waals surface area contributed by atoms with Crippen LogP contribution in [0.3, 0.4) is 0 Å². The summed E-state index contributed by atoms with van der Waals surface area (Å²) in [6, 6.07) is 9.85. The Bertz CT molecular complexity index is 430. The van der Waals surface area contributed by atoms with Gasteiger partial charge in [0, 0.05) is 30.5 Å². The minimum atomic E-state index is 0.758. The van der Waals surface area contributed by atoms with Crippen LogP contribution in [0.15, 0.2) is 24.3 Å². The lowest BCUT2D eigenvalue weighted by atomic mass is 10.1. The van der Waals surface area contributed by atoms with Gasteiger partial charge in [0.1, 0.15) is 0 Å². The van der Waals surface area contributed by atoms with Crippen LogP contribution in [0, 0.1) is 11.8 Å². The Morgan fingerprint density at radius 2 is 1.68 bits per heavy atom. The van der Waals surface area contributed by atoms with Crippen LogP contribution < -0.4 is 10.2 Å². The fourth-order valence-electron chi connectivity index (χ4n) is 3.49. The average molecular weight is 256 g/mol. The van der Waals surface area contributed by atoms with Gasteiger partial charge in [-0.05, 0) is 68.6 Å². The van der Waals surface area contributed by atoms with Crippen molar-refractivity contribution in [3.05, 3.63) is 24.3 Å². The molecule has 1 aliphatic heterocycles. The van der Waals surface area contributed by atoms with Gasteiger partial charge in [-0.2, -0.15) is 0 Å². The third-order valence-corrected chi connectivity index (χ3v) is 4.91. The molecule has 2 nitrogen and oxygen atoms in total. The maximum absolute atomic E-state index is 3.84. The Balaban J connectivity index is 1.48. The van der Waals surface area contributed by atoms with Crippen LogP contribution in [0.1, 0.15) is 38.5 Å². The van der Waals surface area contributed by atoms with Crippen LogP contribution in [-0.2, 0) is 0 Å². The van der Waals surface area contributed by atoms with Crippen LogP contribution in [-0.4, -0.2) is 19.1 Å². The Morgan fingerprint density at radius 3 is 2.32 bits per heavy atom. The molecule has 4 rings (SSSR count). The first-order chi connectivity index (χ1) is 9.40. The first-order valence-corrected chi connectivity index (χ1v) is 8.02. The number of nitrogens with zero attached hydrogens (tertiary/aromatic N) is 1. The molecule has 1 heterocycles. The van der Waals surface area contributed by atoms with E-state index in [0.717, 1.165) is 17.9 Å². The van der Waals surface area contributed by atoms with Crippen LogP contribution in [0.4, 0.5) is 11.4 Å². The highest BCUT2D eigenvalue weighted by atomic mass is 15.1. The van der Waals surface area contributed by atoms with Crippen LogP contribution in [0.5, 0.6) is 0 Å². The van der Waals surface area contributed by atoms with Crippen molar-refractivity contribution in [2.75, 3.05) is 23.3 Å². The van der Waals surface area contributed by atoms with Gasteiger partial charge in [-0.1, -0.05) is 6.07 Å². The van der Waals surface area contributed by atoms with E-state index in [9.17, 15) is 0 Å². The van der Waals surface area contributed by atoms with E-state index in [0.29, 0.717) is 0 Å². The van der Waals surface area contributed by atoms with E-state index in [1.807, 2.05) is 0 Å². The average Bonchev–Trinajstić information content (AvgIpc) is 3.36. The molecule has 1 aromatic rings. The molecule has 0 bridgehead atoms. The van der Waals surface area contributed by atoms with Crippen molar-refractivity contribution in [1.29, 1.82) is 0 Å². The van der Waals surface area contributed by atoms with Gasteiger partial charge in [-0.15, -0.1) is 0 Å². The number of nitrogens with one attached hydrogen (secondary N) is 1. The van der Waals surface area contributed by atoms with Gasteiger partial charge in [0.25, 0.3) is 0 Å². The summed E-state index contributed by atoms with van der Waals surface area (Å²) in [5.74, 6) is 1.92.